The highest BCUT2D eigenvalue weighted by atomic mass is 79.9. The zero-order chi connectivity index (χ0) is 26.7. The minimum atomic E-state index is -3.66. The van der Waals surface area contributed by atoms with E-state index in [4.69, 9.17) is 9.05 Å². The third-order valence-corrected chi connectivity index (χ3v) is 9.16. The lowest BCUT2D eigenvalue weighted by molar-refractivity contribution is 0.430. The summed E-state index contributed by atoms with van der Waals surface area (Å²) >= 11 is 6.41. The molecule has 0 radical (unpaired) electrons. The Labute approximate surface area is 225 Å². The van der Waals surface area contributed by atoms with Crippen molar-refractivity contribution in [3.05, 3.63) is 80.0 Å². The lowest BCUT2D eigenvalue weighted by atomic mass is 10.2. The summed E-state index contributed by atoms with van der Waals surface area (Å²) in [5, 5.41) is 7.33. The number of nitrogens with one attached hydrogen (secondary N) is 2. The van der Waals surface area contributed by atoms with Crippen molar-refractivity contribution in [1.29, 1.82) is 0 Å². The first-order valence-electron chi connectivity index (χ1n) is 10.2. The van der Waals surface area contributed by atoms with Gasteiger partial charge in [-0.15, -0.1) is 0 Å². The van der Waals surface area contributed by atoms with Crippen LogP contribution in [0.2, 0.25) is 0 Å². The fourth-order valence-corrected chi connectivity index (χ4v) is 5.72. The topological polar surface area (TPSA) is 144 Å². The van der Waals surface area contributed by atoms with Crippen LogP contribution in [0.1, 0.15) is 22.5 Å². The summed E-state index contributed by atoms with van der Waals surface area (Å²) in [5.41, 5.74) is 2.89. The molecule has 0 aliphatic carbocycles. The number of nitrogens with zero attached hydrogens (tertiary/aromatic N) is 2. The number of hydrogen-bond acceptors (Lipinski definition) is 8. The maximum absolute atomic E-state index is 12.1. The van der Waals surface area contributed by atoms with Crippen molar-refractivity contribution in [3.8, 4) is 0 Å². The average Bonchev–Trinajstić information content (AvgIpc) is 3.29. The van der Waals surface area contributed by atoms with E-state index in [1.54, 1.807) is 38.1 Å². The molecule has 0 unspecified atom stereocenters. The van der Waals surface area contributed by atoms with Gasteiger partial charge in [0.2, 0.25) is 0 Å². The van der Waals surface area contributed by atoms with E-state index in [-0.39, 0.29) is 21.6 Å². The number of halogens is 2. The Morgan fingerprint density at radius 1 is 0.667 bits per heavy atom. The summed E-state index contributed by atoms with van der Waals surface area (Å²) in [6.45, 7) is 7.07. The van der Waals surface area contributed by atoms with Crippen molar-refractivity contribution in [1.82, 2.24) is 10.3 Å². The zero-order valence-electron chi connectivity index (χ0n) is 19.5. The Kier molecular flexibility index (Phi) is 8.64. The van der Waals surface area contributed by atoms with Crippen molar-refractivity contribution < 1.29 is 25.9 Å². The maximum Gasteiger partial charge on any atom is 0.264 e. The number of rotatable bonds is 6. The van der Waals surface area contributed by atoms with Crippen molar-refractivity contribution in [2.75, 3.05) is 9.44 Å². The van der Waals surface area contributed by atoms with Crippen LogP contribution in [0.3, 0.4) is 0 Å². The monoisotopic (exact) mass is 660 g/mol. The summed E-state index contributed by atoms with van der Waals surface area (Å²) in [7, 11) is -7.32. The van der Waals surface area contributed by atoms with Gasteiger partial charge in [0, 0.05) is 0 Å². The molecule has 36 heavy (non-hydrogen) atoms. The summed E-state index contributed by atoms with van der Waals surface area (Å²) in [4.78, 5) is 0.368. The molecule has 0 fully saturated rings. The van der Waals surface area contributed by atoms with Gasteiger partial charge in [0.1, 0.15) is 8.95 Å². The number of sulfonamides is 2. The van der Waals surface area contributed by atoms with Gasteiger partial charge in [-0.05, 0) is 94.9 Å². The molecule has 0 aliphatic heterocycles. The van der Waals surface area contributed by atoms with Gasteiger partial charge in [-0.25, -0.2) is 26.3 Å². The molecule has 0 aliphatic rings. The minimum Gasteiger partial charge on any atom is -0.336 e. The molecule has 4 aromatic rings. The maximum atomic E-state index is 12.1. The molecule has 192 valence electrons. The van der Waals surface area contributed by atoms with Crippen molar-refractivity contribution in [2.45, 2.75) is 37.5 Å². The molecule has 10 nitrogen and oxygen atoms in total. The smallest absolute Gasteiger partial charge is 0.264 e. The number of aromatic nitrogens is 2. The second-order valence-electron chi connectivity index (χ2n) is 7.67. The number of benzene rings is 2. The molecular weight excluding hydrogens is 640 g/mol. The lowest BCUT2D eigenvalue weighted by Crippen LogP contribution is -2.12. The lowest BCUT2D eigenvalue weighted by Gasteiger charge is -2.05. The van der Waals surface area contributed by atoms with Crippen molar-refractivity contribution >= 4 is 63.7 Å². The van der Waals surface area contributed by atoms with Crippen LogP contribution in [0.15, 0.2) is 76.3 Å². The van der Waals surface area contributed by atoms with Gasteiger partial charge in [0.05, 0.1) is 21.2 Å². The van der Waals surface area contributed by atoms with E-state index < -0.39 is 20.0 Å². The fourth-order valence-electron chi connectivity index (χ4n) is 2.77. The van der Waals surface area contributed by atoms with Crippen LogP contribution in [0.4, 0.5) is 11.8 Å². The number of aryl methyl sites for hydroxylation is 4. The Morgan fingerprint density at radius 3 is 1.31 bits per heavy atom. The van der Waals surface area contributed by atoms with Gasteiger partial charge in [0.15, 0.2) is 0 Å². The van der Waals surface area contributed by atoms with Crippen LogP contribution in [-0.4, -0.2) is 27.1 Å². The van der Waals surface area contributed by atoms with E-state index in [9.17, 15) is 16.8 Å². The van der Waals surface area contributed by atoms with Gasteiger partial charge in [0.25, 0.3) is 31.8 Å². The van der Waals surface area contributed by atoms with Crippen LogP contribution in [-0.2, 0) is 20.0 Å². The Hall–Kier alpha value is -2.68. The summed E-state index contributed by atoms with van der Waals surface area (Å²) in [5.74, 6) is 0.156. The summed E-state index contributed by atoms with van der Waals surface area (Å²) < 4.78 is 63.9. The van der Waals surface area contributed by atoms with E-state index >= 15 is 0 Å². The Balaban J connectivity index is 0.000000201. The second kappa shape index (κ2) is 11.2. The van der Waals surface area contributed by atoms with Crippen LogP contribution in [0.25, 0.3) is 0 Å². The molecule has 2 heterocycles. The van der Waals surface area contributed by atoms with E-state index in [0.29, 0.717) is 20.3 Å². The second-order valence-corrected chi connectivity index (χ2v) is 12.6. The first kappa shape index (κ1) is 27.9. The molecule has 2 aromatic carbocycles. The molecule has 4 rings (SSSR count). The van der Waals surface area contributed by atoms with Gasteiger partial charge >= 0.3 is 0 Å². The molecule has 0 saturated heterocycles. The molecular formula is C22H22Br2N4O6S2. The zero-order valence-corrected chi connectivity index (χ0v) is 24.3. The molecule has 0 bridgehead atoms. The summed E-state index contributed by atoms with van der Waals surface area (Å²) in [6.07, 6.45) is 0. The Bertz CT molecular complexity index is 1480. The van der Waals surface area contributed by atoms with Gasteiger partial charge in [-0.3, -0.25) is 0 Å². The molecule has 2 aromatic heterocycles. The quantitative estimate of drug-likeness (QED) is 0.267. The number of hydrogen-bond donors (Lipinski definition) is 2. The summed E-state index contributed by atoms with van der Waals surface area (Å²) in [6, 6.07) is 13.2. The van der Waals surface area contributed by atoms with Crippen molar-refractivity contribution in [3.63, 3.8) is 0 Å². The van der Waals surface area contributed by atoms with E-state index in [0.717, 1.165) is 11.1 Å². The van der Waals surface area contributed by atoms with E-state index in [1.165, 1.54) is 12.1 Å². The third kappa shape index (κ3) is 6.75. The van der Waals surface area contributed by atoms with Gasteiger partial charge in [-0.1, -0.05) is 34.6 Å². The number of anilines is 2. The van der Waals surface area contributed by atoms with E-state index in [1.807, 2.05) is 26.0 Å². The molecule has 0 amide bonds. The third-order valence-electron chi connectivity index (χ3n) is 4.64. The average molecular weight is 662 g/mol. The fraction of sp³-hybridized carbons (Fsp3) is 0.182. The highest BCUT2D eigenvalue weighted by molar-refractivity contribution is 9.11. The molecule has 14 heteroatoms. The first-order chi connectivity index (χ1) is 16.8. The van der Waals surface area contributed by atoms with Crippen LogP contribution in [0, 0.1) is 27.7 Å². The van der Waals surface area contributed by atoms with Crippen LogP contribution in [0.5, 0.6) is 0 Å². The molecule has 0 atom stereocenters. The Morgan fingerprint density at radius 2 is 1.03 bits per heavy atom. The van der Waals surface area contributed by atoms with Crippen LogP contribution < -0.4 is 9.44 Å². The minimum absolute atomic E-state index is 0.0778. The van der Waals surface area contributed by atoms with Crippen LogP contribution >= 0.6 is 31.9 Å². The van der Waals surface area contributed by atoms with E-state index in [2.05, 4.69) is 51.6 Å². The SMILES string of the molecule is Cc1cccc(S(=O)(=O)Nc2onc(C)c2Br)c1.Cc1cccc(S(=O)(=O)Nc2onc(C)c2Br)c1. The predicted molar refractivity (Wildman–Crippen MR) is 142 cm³/mol. The highest BCUT2D eigenvalue weighted by Crippen LogP contribution is 2.29. The first-order valence-corrected chi connectivity index (χ1v) is 14.8. The van der Waals surface area contributed by atoms with Gasteiger partial charge < -0.3 is 9.05 Å². The highest BCUT2D eigenvalue weighted by Gasteiger charge is 2.21. The van der Waals surface area contributed by atoms with Crippen molar-refractivity contribution in [2.24, 2.45) is 0 Å². The standard InChI is InChI=1S/2C11H11BrN2O3S/c2*1-7-4-3-5-9(6-7)18(15,16)14-11-10(12)8(2)13-17-11/h2*3-6,14H,1-2H3. The van der Waals surface area contributed by atoms with Gasteiger partial charge in [-0.2, -0.15) is 0 Å². The molecule has 0 spiro atoms. The molecule has 2 N–H and O–H groups in total. The normalized spacial score (nSPS) is 11.5. The largest absolute Gasteiger partial charge is 0.336 e. The predicted octanol–water partition coefficient (Wildman–Crippen LogP) is 5.71. The molecule has 0 saturated carbocycles.